The smallest absolute Gasteiger partial charge is 0.267 e. The Morgan fingerprint density at radius 3 is 2.14 bits per heavy atom. The van der Waals surface area contributed by atoms with Crippen LogP contribution >= 0.6 is 0 Å². The molecule has 0 heterocycles. The van der Waals surface area contributed by atoms with Crippen LogP contribution in [0.4, 0.5) is 0 Å². The number of nitrogens with zero attached hydrogens (tertiary/aromatic N) is 2. The maximum Gasteiger partial charge on any atom is 0.327 e. The van der Waals surface area contributed by atoms with Crippen molar-refractivity contribution >= 4 is 6.41 Å². The highest BCUT2D eigenvalue weighted by Crippen LogP contribution is 2.03. The van der Waals surface area contributed by atoms with Crippen LogP contribution < -0.4 is 0 Å². The first-order chi connectivity index (χ1) is 6.79. The van der Waals surface area contributed by atoms with Crippen LogP contribution in [0, 0.1) is 0 Å². The molecule has 1 amide bonds. The van der Waals surface area contributed by atoms with Crippen molar-refractivity contribution in [2.24, 2.45) is 0 Å². The van der Waals surface area contributed by atoms with Crippen LogP contribution in [0.5, 0.6) is 0 Å². The van der Waals surface area contributed by atoms with E-state index < -0.39 is 0 Å². The molecule has 0 aromatic heterocycles. The molecule has 0 aliphatic carbocycles. The monoisotopic (exact) mass is 199 g/mol. The van der Waals surface area contributed by atoms with Gasteiger partial charge in [-0.25, -0.2) is 5.01 Å². The fraction of sp³-hybridized carbons (Fsp3) is 0.909. The van der Waals surface area contributed by atoms with Crippen molar-refractivity contribution in [1.29, 1.82) is 0 Å². The molecule has 0 saturated heterocycles. The maximum atomic E-state index is 10.6. The molecule has 0 aromatic carbocycles. The van der Waals surface area contributed by atoms with Crippen molar-refractivity contribution < 1.29 is 4.79 Å². The normalized spacial score (nSPS) is 10.6. The first kappa shape index (κ1) is 13.4. The average Bonchev–Trinajstić information content (AvgIpc) is 2.23. The predicted octanol–water partition coefficient (Wildman–Crippen LogP) is 2.19. The van der Waals surface area contributed by atoms with E-state index in [-0.39, 0.29) is 0 Å². The molecule has 0 aliphatic heterocycles. The van der Waals surface area contributed by atoms with Gasteiger partial charge in [0.1, 0.15) is 0 Å². The van der Waals surface area contributed by atoms with E-state index in [4.69, 9.17) is 0 Å². The van der Waals surface area contributed by atoms with E-state index in [9.17, 15) is 4.79 Å². The van der Waals surface area contributed by atoms with Gasteiger partial charge in [-0.05, 0) is 13.3 Å². The molecular formula is C11H23N2O. The Morgan fingerprint density at radius 1 is 1.00 bits per heavy atom. The van der Waals surface area contributed by atoms with Gasteiger partial charge in [0.05, 0.1) is 0 Å². The molecule has 0 saturated carbocycles. The minimum atomic E-state index is 0.713. The van der Waals surface area contributed by atoms with Crippen LogP contribution in [0.2, 0.25) is 0 Å². The van der Waals surface area contributed by atoms with Gasteiger partial charge in [-0.15, -0.1) is 0 Å². The van der Waals surface area contributed by atoms with Gasteiger partial charge in [0.15, 0.2) is 0 Å². The molecule has 83 valence electrons. The van der Waals surface area contributed by atoms with Gasteiger partial charge in [0.25, 0.3) is 0 Å². The Morgan fingerprint density at radius 2 is 1.71 bits per heavy atom. The highest BCUT2D eigenvalue weighted by atomic mass is 16.1. The van der Waals surface area contributed by atoms with Crippen molar-refractivity contribution in [2.75, 3.05) is 19.6 Å². The maximum absolute atomic E-state index is 10.6. The number of carbonyl (C=O) groups excluding carboxylic acids is 1. The van der Waals surface area contributed by atoms with Gasteiger partial charge in [-0.2, -0.15) is 0 Å². The Bertz CT molecular complexity index is 139. The van der Waals surface area contributed by atoms with Crippen molar-refractivity contribution in [3.8, 4) is 0 Å². The summed E-state index contributed by atoms with van der Waals surface area (Å²) in [5.74, 6) is 0. The van der Waals surface area contributed by atoms with E-state index >= 15 is 0 Å². The largest absolute Gasteiger partial charge is 0.327 e. The number of hydrogen-bond donors (Lipinski definition) is 0. The highest BCUT2D eigenvalue weighted by Gasteiger charge is 2.09. The number of unbranched alkanes of at least 4 members (excludes halogenated alkanes) is 3. The van der Waals surface area contributed by atoms with E-state index in [2.05, 4.69) is 18.9 Å². The van der Waals surface area contributed by atoms with E-state index in [1.807, 2.05) is 13.3 Å². The summed E-state index contributed by atoms with van der Waals surface area (Å²) in [6.45, 7) is 8.81. The van der Waals surface area contributed by atoms with Crippen LogP contribution in [0.15, 0.2) is 0 Å². The second-order valence-electron chi connectivity index (χ2n) is 3.41. The van der Waals surface area contributed by atoms with Gasteiger partial charge in [-0.1, -0.05) is 33.1 Å². The lowest BCUT2D eigenvalue weighted by molar-refractivity contribution is 0.0504. The molecular weight excluding hydrogens is 176 g/mol. The molecule has 0 N–H and O–H groups in total. The highest BCUT2D eigenvalue weighted by molar-refractivity contribution is 5.46. The van der Waals surface area contributed by atoms with Crippen molar-refractivity contribution in [3.05, 3.63) is 0 Å². The summed E-state index contributed by atoms with van der Waals surface area (Å²) >= 11 is 0. The summed E-state index contributed by atoms with van der Waals surface area (Å²) in [5, 5.41) is 3.69. The van der Waals surface area contributed by atoms with E-state index in [1.54, 1.807) is 5.01 Å². The Kier molecular flexibility index (Phi) is 8.64. The van der Waals surface area contributed by atoms with Crippen LogP contribution in [0.25, 0.3) is 0 Å². The zero-order valence-electron chi connectivity index (χ0n) is 9.75. The van der Waals surface area contributed by atoms with Gasteiger partial charge in [0.2, 0.25) is 0 Å². The zero-order valence-corrected chi connectivity index (χ0v) is 9.75. The molecule has 1 radical (unpaired) electrons. The van der Waals surface area contributed by atoms with Crippen LogP contribution in [0.3, 0.4) is 0 Å². The number of hydrogen-bond acceptors (Lipinski definition) is 2. The summed E-state index contributed by atoms with van der Waals surface area (Å²) in [4.78, 5) is 10.6. The molecule has 0 atom stereocenters. The molecule has 0 rings (SSSR count). The van der Waals surface area contributed by atoms with Crippen LogP contribution in [0.1, 0.15) is 46.5 Å². The third-order valence-corrected chi connectivity index (χ3v) is 2.38. The van der Waals surface area contributed by atoms with E-state index in [0.717, 1.165) is 13.1 Å². The summed E-state index contributed by atoms with van der Waals surface area (Å²) in [6.07, 6.45) is 6.91. The molecule has 0 aromatic rings. The van der Waals surface area contributed by atoms with Crippen molar-refractivity contribution in [2.45, 2.75) is 46.5 Å². The summed E-state index contributed by atoms with van der Waals surface area (Å²) in [7, 11) is 0. The molecule has 14 heavy (non-hydrogen) atoms. The van der Waals surface area contributed by atoms with Crippen molar-refractivity contribution in [1.82, 2.24) is 10.0 Å². The third kappa shape index (κ3) is 5.22. The minimum Gasteiger partial charge on any atom is -0.267 e. The summed E-state index contributed by atoms with van der Waals surface area (Å²) in [6, 6.07) is 0. The number of amides is 1. The van der Waals surface area contributed by atoms with Crippen LogP contribution in [-0.2, 0) is 4.79 Å². The Labute approximate surface area is 88.0 Å². The Hall–Kier alpha value is -0.570. The fourth-order valence-electron chi connectivity index (χ4n) is 1.49. The minimum absolute atomic E-state index is 0.713. The predicted molar refractivity (Wildman–Crippen MR) is 59.5 cm³/mol. The molecule has 0 spiro atoms. The lowest BCUT2D eigenvalue weighted by atomic mass is 10.2. The molecule has 0 fully saturated rings. The van der Waals surface area contributed by atoms with Gasteiger partial charge < -0.3 is 0 Å². The third-order valence-electron chi connectivity index (χ3n) is 2.38. The van der Waals surface area contributed by atoms with Gasteiger partial charge >= 0.3 is 6.41 Å². The second kappa shape index (κ2) is 9.00. The average molecular weight is 199 g/mol. The van der Waals surface area contributed by atoms with Gasteiger partial charge in [-0.3, -0.25) is 9.80 Å². The SMILES string of the molecule is CCCCCCN(CC)N([C]=O)CC. The number of rotatable bonds is 9. The summed E-state index contributed by atoms with van der Waals surface area (Å²) in [5.41, 5.74) is 0. The molecule has 0 aliphatic rings. The summed E-state index contributed by atoms with van der Waals surface area (Å²) < 4.78 is 0. The molecule has 0 bridgehead atoms. The lowest BCUT2D eigenvalue weighted by Gasteiger charge is -2.29. The van der Waals surface area contributed by atoms with E-state index in [1.165, 1.54) is 25.7 Å². The van der Waals surface area contributed by atoms with Crippen molar-refractivity contribution in [3.63, 3.8) is 0 Å². The quantitative estimate of drug-likeness (QED) is 0.323. The Balaban J connectivity index is 3.71. The second-order valence-corrected chi connectivity index (χ2v) is 3.41. The molecule has 0 unspecified atom stereocenters. The van der Waals surface area contributed by atoms with Crippen LogP contribution in [-0.4, -0.2) is 36.1 Å². The first-order valence-corrected chi connectivity index (χ1v) is 5.70. The topological polar surface area (TPSA) is 23.6 Å². The first-order valence-electron chi connectivity index (χ1n) is 5.70. The standard InChI is InChI=1S/C11H23N2O/c1-4-7-8-9-10-12(5-2)13(6-3)11-14/h4-10H2,1-3H3. The van der Waals surface area contributed by atoms with E-state index in [0.29, 0.717) is 6.54 Å². The number of hydrazine groups is 1. The zero-order chi connectivity index (χ0) is 10.8. The van der Waals surface area contributed by atoms with Gasteiger partial charge in [0, 0.05) is 19.6 Å². The lowest BCUT2D eigenvalue weighted by Crippen LogP contribution is -2.42. The molecule has 3 heteroatoms. The molecule has 3 nitrogen and oxygen atoms in total. The fourth-order valence-corrected chi connectivity index (χ4v) is 1.49.